The number of carbonyl (C=O) groups is 3. The molecule has 3 aromatic rings. The van der Waals surface area contributed by atoms with E-state index in [1.54, 1.807) is 36.4 Å². The van der Waals surface area contributed by atoms with Crippen LogP contribution in [-0.2, 0) is 9.59 Å². The Bertz CT molecular complexity index is 1580. The van der Waals surface area contributed by atoms with Crippen molar-refractivity contribution in [3.8, 4) is 23.0 Å². The molecule has 0 spiro atoms. The van der Waals surface area contributed by atoms with Crippen molar-refractivity contribution in [2.24, 2.45) is 11.8 Å². The normalized spacial score (nSPS) is 23.9. The average molecular weight is 525 g/mol. The molecule has 0 N–H and O–H groups in total. The maximum absolute atomic E-state index is 14.2. The van der Waals surface area contributed by atoms with Gasteiger partial charge < -0.3 is 23.8 Å². The van der Waals surface area contributed by atoms with Crippen molar-refractivity contribution in [3.63, 3.8) is 0 Å². The molecule has 2 amide bonds. The lowest BCUT2D eigenvalue weighted by molar-refractivity contribution is -0.123. The molecule has 0 bridgehead atoms. The zero-order valence-corrected chi connectivity index (χ0v) is 21.2. The van der Waals surface area contributed by atoms with E-state index in [-0.39, 0.29) is 18.5 Å². The molecule has 39 heavy (non-hydrogen) atoms. The number of hydrogen-bond donors (Lipinski definition) is 0. The molecular weight excluding hydrogens is 500 g/mol. The number of imide groups is 1. The third-order valence-corrected chi connectivity index (χ3v) is 8.01. The number of carbonyl (C=O) groups excluding carboxylic acids is 3. The Hall–Kier alpha value is -4.79. The van der Waals surface area contributed by atoms with Crippen LogP contribution in [-0.4, -0.2) is 49.6 Å². The van der Waals surface area contributed by atoms with Crippen LogP contribution in [0.4, 0.5) is 5.69 Å². The van der Waals surface area contributed by atoms with Crippen LogP contribution in [0.1, 0.15) is 27.5 Å². The fourth-order valence-electron chi connectivity index (χ4n) is 6.30. The Balaban J connectivity index is 1.35. The first-order valence-corrected chi connectivity index (χ1v) is 12.6. The summed E-state index contributed by atoms with van der Waals surface area (Å²) in [6.07, 6.45) is 3.76. The van der Waals surface area contributed by atoms with Gasteiger partial charge in [0.15, 0.2) is 28.8 Å². The Morgan fingerprint density at radius 3 is 2.46 bits per heavy atom. The number of amides is 2. The summed E-state index contributed by atoms with van der Waals surface area (Å²) in [7, 11) is 3.02. The van der Waals surface area contributed by atoms with Crippen LogP contribution in [0.15, 0.2) is 66.9 Å². The fraction of sp³-hybridized carbons (Fsp3) is 0.233. The molecule has 7 rings (SSSR count). The maximum atomic E-state index is 14.2. The summed E-state index contributed by atoms with van der Waals surface area (Å²) in [5.41, 5.74) is 2.63. The molecule has 4 aliphatic rings. The van der Waals surface area contributed by atoms with E-state index in [0.29, 0.717) is 34.2 Å². The Kier molecular flexibility index (Phi) is 5.16. The van der Waals surface area contributed by atoms with E-state index in [2.05, 4.69) is 0 Å². The molecule has 0 unspecified atom stereocenters. The van der Waals surface area contributed by atoms with Crippen molar-refractivity contribution in [3.05, 3.63) is 83.6 Å². The van der Waals surface area contributed by atoms with Crippen LogP contribution in [0.2, 0.25) is 0 Å². The molecule has 9 nitrogen and oxygen atoms in total. The molecule has 4 heterocycles. The lowest BCUT2D eigenvalue weighted by Crippen LogP contribution is -2.44. The van der Waals surface area contributed by atoms with Crippen molar-refractivity contribution < 1.29 is 33.3 Å². The van der Waals surface area contributed by atoms with Crippen LogP contribution in [0, 0.1) is 11.8 Å². The largest absolute Gasteiger partial charge is 0.493 e. The minimum Gasteiger partial charge on any atom is -0.493 e. The van der Waals surface area contributed by atoms with Gasteiger partial charge in [-0.3, -0.25) is 14.4 Å². The van der Waals surface area contributed by atoms with Crippen molar-refractivity contribution in [2.45, 2.75) is 12.1 Å². The van der Waals surface area contributed by atoms with E-state index in [0.717, 1.165) is 11.1 Å². The molecular formula is C30H24N2O7. The number of fused-ring (bicyclic) bond motifs is 6. The van der Waals surface area contributed by atoms with Gasteiger partial charge in [0.1, 0.15) is 6.04 Å². The highest BCUT2D eigenvalue weighted by molar-refractivity contribution is 6.24. The zero-order valence-electron chi connectivity index (χ0n) is 21.2. The van der Waals surface area contributed by atoms with Gasteiger partial charge in [0.2, 0.25) is 18.6 Å². The lowest BCUT2D eigenvalue weighted by Gasteiger charge is -2.35. The van der Waals surface area contributed by atoms with Gasteiger partial charge in [-0.25, -0.2) is 4.90 Å². The number of benzene rings is 3. The fourth-order valence-corrected chi connectivity index (χ4v) is 6.30. The smallest absolute Gasteiger partial charge is 0.240 e. The summed E-state index contributed by atoms with van der Waals surface area (Å²) in [5, 5.41) is 0. The van der Waals surface area contributed by atoms with Gasteiger partial charge in [0.05, 0.1) is 37.8 Å². The Labute approximate surface area is 224 Å². The second-order valence-electron chi connectivity index (χ2n) is 9.82. The van der Waals surface area contributed by atoms with Crippen LogP contribution >= 0.6 is 0 Å². The zero-order chi connectivity index (χ0) is 26.8. The summed E-state index contributed by atoms with van der Waals surface area (Å²) in [5.74, 6) is -0.741. The van der Waals surface area contributed by atoms with Crippen LogP contribution in [0.25, 0.3) is 6.08 Å². The third kappa shape index (κ3) is 3.29. The molecule has 3 aromatic carbocycles. The summed E-state index contributed by atoms with van der Waals surface area (Å²) < 4.78 is 21.6. The van der Waals surface area contributed by atoms with E-state index in [1.807, 2.05) is 41.4 Å². The Morgan fingerprint density at radius 2 is 1.64 bits per heavy atom. The highest BCUT2D eigenvalue weighted by Gasteiger charge is 2.64. The van der Waals surface area contributed by atoms with E-state index >= 15 is 0 Å². The lowest BCUT2D eigenvalue weighted by atomic mass is 9.83. The topological polar surface area (TPSA) is 94.6 Å². The second-order valence-corrected chi connectivity index (χ2v) is 9.82. The van der Waals surface area contributed by atoms with Gasteiger partial charge in [0, 0.05) is 17.8 Å². The van der Waals surface area contributed by atoms with Crippen molar-refractivity contribution in [1.29, 1.82) is 0 Å². The highest BCUT2D eigenvalue weighted by atomic mass is 16.7. The number of rotatable bonds is 5. The second kappa shape index (κ2) is 8.62. The van der Waals surface area contributed by atoms with E-state index in [1.165, 1.54) is 19.1 Å². The van der Waals surface area contributed by atoms with E-state index < -0.39 is 29.8 Å². The van der Waals surface area contributed by atoms with Gasteiger partial charge in [-0.2, -0.15) is 0 Å². The first-order valence-electron chi connectivity index (χ1n) is 12.6. The van der Waals surface area contributed by atoms with E-state index in [9.17, 15) is 14.4 Å². The first-order chi connectivity index (χ1) is 19.0. The third-order valence-electron chi connectivity index (χ3n) is 8.01. The van der Waals surface area contributed by atoms with Gasteiger partial charge >= 0.3 is 0 Å². The number of anilines is 1. The number of methoxy groups -OCH3 is 2. The van der Waals surface area contributed by atoms with Crippen LogP contribution in [0.5, 0.6) is 23.0 Å². The number of ether oxygens (including phenoxy) is 4. The maximum Gasteiger partial charge on any atom is 0.240 e. The van der Waals surface area contributed by atoms with Crippen molar-refractivity contribution in [2.75, 3.05) is 25.9 Å². The van der Waals surface area contributed by atoms with Gasteiger partial charge in [-0.05, 0) is 47.5 Å². The Morgan fingerprint density at radius 1 is 0.872 bits per heavy atom. The standard InChI is InChI=1S/C30H24N2O7/c1-36-20-9-7-17(13-22(20)37-2)28(33)27-25-24(26-19-6-4-3-5-16(19)11-12-31(26)27)29(34)32(30(25)35)18-8-10-21-23(14-18)39-15-38-21/h3-14,24-27H,15H2,1-2H3/t24-,25+,26+,27+/m0/s1. The molecule has 4 atom stereocenters. The number of nitrogens with zero attached hydrogens (tertiary/aromatic N) is 2. The number of hydrogen-bond acceptors (Lipinski definition) is 8. The highest BCUT2D eigenvalue weighted by Crippen LogP contribution is 2.54. The first kappa shape index (κ1) is 23.3. The minimum absolute atomic E-state index is 0.0774. The molecule has 196 valence electrons. The molecule has 0 aliphatic carbocycles. The van der Waals surface area contributed by atoms with E-state index in [4.69, 9.17) is 18.9 Å². The molecule has 0 radical (unpaired) electrons. The molecule has 0 saturated carbocycles. The molecule has 9 heteroatoms. The van der Waals surface area contributed by atoms with Crippen LogP contribution in [0.3, 0.4) is 0 Å². The van der Waals surface area contributed by atoms with Gasteiger partial charge in [0.25, 0.3) is 0 Å². The predicted molar refractivity (Wildman–Crippen MR) is 140 cm³/mol. The predicted octanol–water partition coefficient (Wildman–Crippen LogP) is 3.83. The molecule has 4 aliphatic heterocycles. The van der Waals surface area contributed by atoms with Crippen molar-refractivity contribution in [1.82, 2.24) is 4.90 Å². The summed E-state index contributed by atoms with van der Waals surface area (Å²) in [6.45, 7) is 0.0774. The molecule has 2 saturated heterocycles. The quantitative estimate of drug-likeness (QED) is 0.367. The number of ketones is 1. The summed E-state index contributed by atoms with van der Waals surface area (Å²) in [6, 6.07) is 16.3. The van der Waals surface area contributed by atoms with Crippen LogP contribution < -0.4 is 23.8 Å². The summed E-state index contributed by atoms with van der Waals surface area (Å²) in [4.78, 5) is 45.5. The SMILES string of the molecule is COc1ccc(C(=O)[C@H]2[C@@H]3C(=O)N(c4ccc5c(c4)OCO5)C(=O)[C@@H]3[C@H]3c4ccccc4C=CN32)cc1OC. The minimum atomic E-state index is -0.891. The van der Waals surface area contributed by atoms with Crippen molar-refractivity contribution >= 4 is 29.4 Å². The summed E-state index contributed by atoms with van der Waals surface area (Å²) >= 11 is 0. The van der Waals surface area contributed by atoms with Gasteiger partial charge in [-0.1, -0.05) is 24.3 Å². The monoisotopic (exact) mass is 524 g/mol. The van der Waals surface area contributed by atoms with Gasteiger partial charge in [-0.15, -0.1) is 0 Å². The number of Topliss-reactive ketones (excluding diaryl/α,β-unsaturated/α-hetero) is 1. The molecule has 0 aromatic heterocycles. The average Bonchev–Trinajstić information content (AvgIpc) is 3.64. The molecule has 2 fully saturated rings.